The van der Waals surface area contributed by atoms with Crippen molar-refractivity contribution in [1.82, 2.24) is 5.32 Å². The molecule has 20 heavy (non-hydrogen) atoms. The lowest BCUT2D eigenvalue weighted by molar-refractivity contribution is 0.154. The third kappa shape index (κ3) is 4.41. The van der Waals surface area contributed by atoms with Crippen molar-refractivity contribution in [2.24, 2.45) is 11.3 Å². The molecule has 0 heterocycles. The van der Waals surface area contributed by atoms with Crippen molar-refractivity contribution in [2.45, 2.75) is 46.1 Å². The predicted octanol–water partition coefficient (Wildman–Crippen LogP) is 4.68. The van der Waals surface area contributed by atoms with Gasteiger partial charge < -0.3 is 10.6 Å². The fourth-order valence-electron chi connectivity index (χ4n) is 3.34. The molecule has 1 aromatic carbocycles. The van der Waals surface area contributed by atoms with Crippen molar-refractivity contribution in [3.05, 3.63) is 29.3 Å². The zero-order chi connectivity index (χ0) is 14.8. The molecule has 1 aliphatic rings. The van der Waals surface area contributed by atoms with Gasteiger partial charge in [0.15, 0.2) is 0 Å². The molecule has 0 bridgehead atoms. The minimum atomic E-state index is -0.137. The van der Waals surface area contributed by atoms with Crippen LogP contribution in [0.15, 0.2) is 24.3 Å². The average Bonchev–Trinajstić information content (AvgIpc) is 2.29. The van der Waals surface area contributed by atoms with Crippen LogP contribution in [-0.4, -0.2) is 12.1 Å². The Kier molecular flexibility index (Phi) is 4.59. The van der Waals surface area contributed by atoms with Crippen LogP contribution >= 0.6 is 11.6 Å². The number of carbonyl (C=O) groups is 1. The van der Waals surface area contributed by atoms with E-state index in [1.165, 1.54) is 6.42 Å². The fraction of sp³-hybridized carbons (Fsp3) is 0.562. The monoisotopic (exact) mass is 294 g/mol. The van der Waals surface area contributed by atoms with E-state index in [1.54, 1.807) is 24.3 Å². The highest BCUT2D eigenvalue weighted by Crippen LogP contribution is 2.38. The molecule has 2 atom stereocenters. The van der Waals surface area contributed by atoms with Gasteiger partial charge in [-0.05, 0) is 54.9 Å². The summed E-state index contributed by atoms with van der Waals surface area (Å²) in [4.78, 5) is 12.0. The van der Waals surface area contributed by atoms with Gasteiger partial charge in [0.2, 0.25) is 0 Å². The summed E-state index contributed by atoms with van der Waals surface area (Å²) < 4.78 is 0. The summed E-state index contributed by atoms with van der Waals surface area (Å²) >= 11 is 5.82. The van der Waals surface area contributed by atoms with Crippen LogP contribution in [0.2, 0.25) is 5.02 Å². The molecule has 1 saturated carbocycles. The molecule has 2 rings (SSSR count). The Morgan fingerprint density at radius 1 is 1.25 bits per heavy atom. The molecule has 3 nitrogen and oxygen atoms in total. The van der Waals surface area contributed by atoms with Gasteiger partial charge in [0.05, 0.1) is 0 Å². The summed E-state index contributed by atoms with van der Waals surface area (Å²) in [6.07, 6.45) is 3.31. The van der Waals surface area contributed by atoms with Crippen LogP contribution < -0.4 is 10.6 Å². The number of carbonyl (C=O) groups excluding carboxylic acids is 1. The molecule has 1 fully saturated rings. The normalized spacial score (nSPS) is 25.0. The summed E-state index contributed by atoms with van der Waals surface area (Å²) in [7, 11) is 0. The zero-order valence-corrected chi connectivity index (χ0v) is 13.1. The number of anilines is 1. The van der Waals surface area contributed by atoms with E-state index in [0.717, 1.165) is 18.5 Å². The second-order valence-corrected chi connectivity index (χ2v) is 7.15. The van der Waals surface area contributed by atoms with Gasteiger partial charge in [0, 0.05) is 16.8 Å². The first-order valence-electron chi connectivity index (χ1n) is 7.17. The maximum absolute atomic E-state index is 12.0. The van der Waals surface area contributed by atoms with Gasteiger partial charge in [0.25, 0.3) is 0 Å². The molecule has 0 aliphatic heterocycles. The molecule has 1 aliphatic carbocycles. The van der Waals surface area contributed by atoms with E-state index in [4.69, 9.17) is 11.6 Å². The molecule has 4 heteroatoms. The van der Waals surface area contributed by atoms with Crippen LogP contribution in [0.5, 0.6) is 0 Å². The van der Waals surface area contributed by atoms with Crippen LogP contribution in [0.4, 0.5) is 10.5 Å². The molecule has 2 unspecified atom stereocenters. The first-order valence-corrected chi connectivity index (χ1v) is 7.55. The third-order valence-electron chi connectivity index (χ3n) is 3.82. The van der Waals surface area contributed by atoms with Gasteiger partial charge in [-0.2, -0.15) is 0 Å². The summed E-state index contributed by atoms with van der Waals surface area (Å²) in [6, 6.07) is 7.25. The minimum Gasteiger partial charge on any atom is -0.335 e. The molecule has 2 N–H and O–H groups in total. The van der Waals surface area contributed by atoms with Gasteiger partial charge in [-0.3, -0.25) is 0 Å². The van der Waals surface area contributed by atoms with Crippen molar-refractivity contribution < 1.29 is 4.79 Å². The number of halogens is 1. The Bertz CT molecular complexity index is 470. The van der Waals surface area contributed by atoms with Crippen molar-refractivity contribution in [2.75, 3.05) is 5.32 Å². The SMILES string of the molecule is CC1CC(NC(=O)Nc2ccc(Cl)cc2)CC(C)(C)C1. The molecule has 2 amide bonds. The van der Waals surface area contributed by atoms with Crippen molar-refractivity contribution in [1.29, 1.82) is 0 Å². The van der Waals surface area contributed by atoms with Gasteiger partial charge in [0.1, 0.15) is 0 Å². The molecule has 0 spiro atoms. The van der Waals surface area contributed by atoms with Gasteiger partial charge in [-0.25, -0.2) is 4.79 Å². The lowest BCUT2D eigenvalue weighted by Crippen LogP contribution is -2.44. The minimum absolute atomic E-state index is 0.137. The second kappa shape index (κ2) is 6.04. The number of urea groups is 1. The van der Waals surface area contributed by atoms with Crippen molar-refractivity contribution in [3.8, 4) is 0 Å². The Morgan fingerprint density at radius 3 is 2.50 bits per heavy atom. The molecule has 110 valence electrons. The van der Waals surface area contributed by atoms with E-state index in [9.17, 15) is 4.79 Å². The first-order chi connectivity index (χ1) is 9.34. The van der Waals surface area contributed by atoms with Gasteiger partial charge in [-0.15, -0.1) is 0 Å². The van der Waals surface area contributed by atoms with E-state index in [0.29, 0.717) is 16.4 Å². The first kappa shape index (κ1) is 15.2. The summed E-state index contributed by atoms with van der Waals surface area (Å²) in [6.45, 7) is 6.80. The maximum atomic E-state index is 12.0. The number of nitrogens with one attached hydrogen (secondary N) is 2. The maximum Gasteiger partial charge on any atom is 0.319 e. The lowest BCUT2D eigenvalue weighted by atomic mass is 9.71. The number of amides is 2. The van der Waals surface area contributed by atoms with E-state index >= 15 is 0 Å². The third-order valence-corrected chi connectivity index (χ3v) is 4.08. The quantitative estimate of drug-likeness (QED) is 0.817. The van der Waals surface area contributed by atoms with E-state index in [1.807, 2.05) is 0 Å². The summed E-state index contributed by atoms with van der Waals surface area (Å²) in [5.74, 6) is 0.652. The molecule has 1 aromatic rings. The number of hydrogen-bond donors (Lipinski definition) is 2. The smallest absolute Gasteiger partial charge is 0.319 e. The van der Waals surface area contributed by atoms with Crippen LogP contribution in [0.1, 0.15) is 40.0 Å². The predicted molar refractivity (Wildman–Crippen MR) is 84.2 cm³/mol. The molecular weight excluding hydrogens is 272 g/mol. The largest absolute Gasteiger partial charge is 0.335 e. The van der Waals surface area contributed by atoms with Crippen LogP contribution in [-0.2, 0) is 0 Å². The summed E-state index contributed by atoms with van der Waals surface area (Å²) in [5.41, 5.74) is 1.06. The highest BCUT2D eigenvalue weighted by molar-refractivity contribution is 6.30. The van der Waals surface area contributed by atoms with Gasteiger partial charge in [-0.1, -0.05) is 32.4 Å². The average molecular weight is 295 g/mol. The van der Waals surface area contributed by atoms with Gasteiger partial charge >= 0.3 is 6.03 Å². The van der Waals surface area contributed by atoms with Crippen LogP contribution in [0, 0.1) is 11.3 Å². The molecule has 0 radical (unpaired) electrons. The Balaban J connectivity index is 1.89. The van der Waals surface area contributed by atoms with Crippen LogP contribution in [0.3, 0.4) is 0 Å². The molecule has 0 saturated heterocycles. The highest BCUT2D eigenvalue weighted by atomic mass is 35.5. The Labute approximate surface area is 126 Å². The number of benzene rings is 1. The van der Waals surface area contributed by atoms with E-state index < -0.39 is 0 Å². The number of rotatable bonds is 2. The Morgan fingerprint density at radius 2 is 1.90 bits per heavy atom. The highest BCUT2D eigenvalue weighted by Gasteiger charge is 2.32. The molecular formula is C16H23ClN2O. The standard InChI is InChI=1S/C16H23ClN2O/c1-11-8-14(10-16(2,3)9-11)19-15(20)18-13-6-4-12(17)5-7-13/h4-7,11,14H,8-10H2,1-3H3,(H2,18,19,20). The van der Waals surface area contributed by atoms with Crippen molar-refractivity contribution in [3.63, 3.8) is 0 Å². The number of hydrogen-bond acceptors (Lipinski definition) is 1. The van der Waals surface area contributed by atoms with Crippen molar-refractivity contribution >= 4 is 23.3 Å². The summed E-state index contributed by atoms with van der Waals surface area (Å²) in [5, 5.41) is 6.60. The Hall–Kier alpha value is -1.22. The zero-order valence-electron chi connectivity index (χ0n) is 12.4. The topological polar surface area (TPSA) is 41.1 Å². The van der Waals surface area contributed by atoms with Crippen LogP contribution in [0.25, 0.3) is 0 Å². The lowest BCUT2D eigenvalue weighted by Gasteiger charge is -2.39. The van der Waals surface area contributed by atoms with E-state index in [2.05, 4.69) is 31.4 Å². The fourth-order valence-corrected chi connectivity index (χ4v) is 3.47. The molecule has 0 aromatic heterocycles. The second-order valence-electron chi connectivity index (χ2n) is 6.72. The van der Waals surface area contributed by atoms with E-state index in [-0.39, 0.29) is 12.1 Å².